The van der Waals surface area contributed by atoms with Crippen LogP contribution in [0.3, 0.4) is 0 Å². The van der Waals surface area contributed by atoms with Gasteiger partial charge >= 0.3 is 0 Å². The second-order valence-electron chi connectivity index (χ2n) is 5.42. The molecule has 7 heteroatoms. The van der Waals surface area contributed by atoms with Gasteiger partial charge in [0.25, 0.3) is 0 Å². The van der Waals surface area contributed by atoms with E-state index in [1.807, 2.05) is 60.3 Å². The highest BCUT2D eigenvalue weighted by Crippen LogP contribution is 2.20. The van der Waals surface area contributed by atoms with Gasteiger partial charge in [-0.3, -0.25) is 9.89 Å². The number of H-pyrrole nitrogens is 1. The molecule has 2 heterocycles. The largest absolute Gasteiger partial charge is 0.377 e. The Bertz CT molecular complexity index is 810. The minimum Gasteiger partial charge on any atom is -0.377 e. The molecule has 0 radical (unpaired) electrons. The molecule has 0 aliphatic rings. The molecule has 3 aromatic rings. The van der Waals surface area contributed by atoms with Gasteiger partial charge in [-0.1, -0.05) is 12.1 Å². The average molecular weight is 325 g/mol. The molecule has 24 heavy (non-hydrogen) atoms. The predicted octanol–water partition coefficient (Wildman–Crippen LogP) is 2.62. The summed E-state index contributed by atoms with van der Waals surface area (Å²) in [5, 5.41) is 9.92. The van der Waals surface area contributed by atoms with Crippen LogP contribution in [0, 0.1) is 0 Å². The molecule has 0 saturated heterocycles. The highest BCUT2D eigenvalue weighted by molar-refractivity contribution is 5.94. The maximum Gasteiger partial charge on any atom is 0.247 e. The summed E-state index contributed by atoms with van der Waals surface area (Å²) in [6.07, 6.45) is 3.73. The van der Waals surface area contributed by atoms with Gasteiger partial charge < -0.3 is 14.6 Å². The number of hydrogen-bond donors (Lipinski definition) is 2. The van der Waals surface area contributed by atoms with Crippen molar-refractivity contribution in [2.24, 2.45) is 0 Å². The number of hydrogen-bond acceptors (Lipinski definition) is 4. The summed E-state index contributed by atoms with van der Waals surface area (Å²) in [5.74, 6) is 1.14. The molecule has 7 nitrogen and oxygen atoms in total. The summed E-state index contributed by atoms with van der Waals surface area (Å²) in [6, 6.07) is 10.9. The van der Waals surface area contributed by atoms with E-state index in [2.05, 4.69) is 20.5 Å². The number of aromatic nitrogens is 4. The summed E-state index contributed by atoms with van der Waals surface area (Å²) in [5.41, 5.74) is 1.52. The summed E-state index contributed by atoms with van der Waals surface area (Å²) < 4.78 is 6.87. The van der Waals surface area contributed by atoms with Gasteiger partial charge in [0, 0.05) is 30.8 Å². The SMILES string of the molecule is COCc1nc(-c2cccc(NC(=O)[C@@H](C)n3cccc3)c2)n[nH]1. The number of aromatic amines is 1. The predicted molar refractivity (Wildman–Crippen MR) is 90.3 cm³/mol. The minimum atomic E-state index is -0.291. The normalized spacial score (nSPS) is 12.1. The lowest BCUT2D eigenvalue weighted by molar-refractivity contribution is -0.118. The molecule has 124 valence electrons. The van der Waals surface area contributed by atoms with Crippen molar-refractivity contribution < 1.29 is 9.53 Å². The first-order chi connectivity index (χ1) is 11.7. The van der Waals surface area contributed by atoms with Crippen molar-refractivity contribution in [1.29, 1.82) is 0 Å². The quantitative estimate of drug-likeness (QED) is 0.729. The number of amides is 1. The summed E-state index contributed by atoms with van der Waals surface area (Å²) >= 11 is 0. The molecular formula is C17H19N5O2. The Balaban J connectivity index is 1.74. The fourth-order valence-electron chi connectivity index (χ4n) is 2.35. The van der Waals surface area contributed by atoms with Gasteiger partial charge in [-0.2, -0.15) is 5.10 Å². The van der Waals surface area contributed by atoms with E-state index in [-0.39, 0.29) is 11.9 Å². The number of carbonyl (C=O) groups excluding carboxylic acids is 1. The topological polar surface area (TPSA) is 84.8 Å². The maximum absolute atomic E-state index is 12.4. The van der Waals surface area contributed by atoms with Crippen LogP contribution in [0.5, 0.6) is 0 Å². The Hall–Kier alpha value is -2.93. The zero-order chi connectivity index (χ0) is 16.9. The number of nitrogens with zero attached hydrogens (tertiary/aromatic N) is 3. The number of anilines is 1. The van der Waals surface area contributed by atoms with Crippen LogP contribution in [-0.4, -0.2) is 32.8 Å². The first-order valence-electron chi connectivity index (χ1n) is 7.61. The van der Waals surface area contributed by atoms with Gasteiger partial charge in [0.2, 0.25) is 5.91 Å². The van der Waals surface area contributed by atoms with Crippen LogP contribution in [0.15, 0.2) is 48.8 Å². The summed E-state index contributed by atoms with van der Waals surface area (Å²) in [6.45, 7) is 2.23. The van der Waals surface area contributed by atoms with E-state index in [1.165, 1.54) is 0 Å². The lowest BCUT2D eigenvalue weighted by Gasteiger charge is -2.14. The van der Waals surface area contributed by atoms with E-state index in [1.54, 1.807) is 7.11 Å². The molecular weight excluding hydrogens is 306 g/mol. The van der Waals surface area contributed by atoms with Crippen LogP contribution in [0.25, 0.3) is 11.4 Å². The van der Waals surface area contributed by atoms with Gasteiger partial charge in [-0.25, -0.2) is 4.98 Å². The highest BCUT2D eigenvalue weighted by Gasteiger charge is 2.14. The third kappa shape index (κ3) is 3.52. The second kappa shape index (κ2) is 7.10. The third-order valence-corrected chi connectivity index (χ3v) is 3.66. The Morgan fingerprint density at radius 3 is 2.88 bits per heavy atom. The number of ether oxygens (including phenoxy) is 1. The van der Waals surface area contributed by atoms with Crippen molar-refractivity contribution in [3.63, 3.8) is 0 Å². The van der Waals surface area contributed by atoms with Gasteiger partial charge in [0.15, 0.2) is 11.6 Å². The standard InChI is InChI=1S/C17H19N5O2/c1-12(22-8-3-4-9-22)17(23)18-14-7-5-6-13(10-14)16-19-15(11-24-2)20-21-16/h3-10,12H,11H2,1-2H3,(H,18,23)(H,19,20,21)/t12-/m1/s1. The monoisotopic (exact) mass is 325 g/mol. The van der Waals surface area contributed by atoms with Gasteiger partial charge in [-0.05, 0) is 31.2 Å². The van der Waals surface area contributed by atoms with Crippen molar-refractivity contribution in [2.75, 3.05) is 12.4 Å². The van der Waals surface area contributed by atoms with Gasteiger partial charge in [-0.15, -0.1) is 0 Å². The zero-order valence-electron chi connectivity index (χ0n) is 13.6. The van der Waals surface area contributed by atoms with Crippen LogP contribution >= 0.6 is 0 Å². The molecule has 0 bridgehead atoms. The first kappa shape index (κ1) is 15.9. The molecule has 0 saturated carbocycles. The van der Waals surface area contributed by atoms with Crippen LogP contribution in [-0.2, 0) is 16.1 Å². The van der Waals surface area contributed by atoms with Crippen molar-refractivity contribution >= 4 is 11.6 Å². The van der Waals surface area contributed by atoms with Crippen LogP contribution < -0.4 is 5.32 Å². The zero-order valence-corrected chi connectivity index (χ0v) is 13.6. The summed E-state index contributed by atoms with van der Waals surface area (Å²) in [4.78, 5) is 16.7. The Morgan fingerprint density at radius 2 is 2.12 bits per heavy atom. The van der Waals surface area contributed by atoms with Crippen LogP contribution in [0.1, 0.15) is 18.8 Å². The number of methoxy groups -OCH3 is 1. The lowest BCUT2D eigenvalue weighted by atomic mass is 10.2. The number of rotatable bonds is 6. The van der Waals surface area contributed by atoms with E-state index >= 15 is 0 Å². The van der Waals surface area contributed by atoms with E-state index in [0.29, 0.717) is 23.9 Å². The molecule has 0 fully saturated rings. The molecule has 0 aliphatic heterocycles. The third-order valence-electron chi connectivity index (χ3n) is 3.66. The maximum atomic E-state index is 12.4. The fraction of sp³-hybridized carbons (Fsp3) is 0.235. The molecule has 0 unspecified atom stereocenters. The Labute approximate surface area is 139 Å². The molecule has 0 aliphatic carbocycles. The van der Waals surface area contributed by atoms with Crippen molar-refractivity contribution in [2.45, 2.75) is 19.6 Å². The number of benzene rings is 1. The minimum absolute atomic E-state index is 0.0848. The fourth-order valence-corrected chi connectivity index (χ4v) is 2.35. The van der Waals surface area contributed by atoms with Crippen molar-refractivity contribution in [1.82, 2.24) is 19.7 Å². The smallest absolute Gasteiger partial charge is 0.247 e. The number of carbonyl (C=O) groups is 1. The molecule has 1 atom stereocenters. The second-order valence-corrected chi connectivity index (χ2v) is 5.42. The molecule has 2 N–H and O–H groups in total. The van der Waals surface area contributed by atoms with Crippen molar-refractivity contribution in [3.8, 4) is 11.4 Å². The van der Waals surface area contributed by atoms with Crippen molar-refractivity contribution in [3.05, 3.63) is 54.6 Å². The van der Waals surface area contributed by atoms with Gasteiger partial charge in [0.05, 0.1) is 0 Å². The average Bonchev–Trinajstić information content (AvgIpc) is 3.26. The Kier molecular flexibility index (Phi) is 4.72. The lowest BCUT2D eigenvalue weighted by Crippen LogP contribution is -2.22. The highest BCUT2D eigenvalue weighted by atomic mass is 16.5. The first-order valence-corrected chi connectivity index (χ1v) is 7.61. The van der Waals surface area contributed by atoms with E-state index in [4.69, 9.17) is 4.74 Å². The molecule has 1 aromatic carbocycles. The van der Waals surface area contributed by atoms with Crippen LogP contribution in [0.2, 0.25) is 0 Å². The molecule has 0 spiro atoms. The van der Waals surface area contributed by atoms with Crippen LogP contribution in [0.4, 0.5) is 5.69 Å². The van der Waals surface area contributed by atoms with E-state index in [0.717, 1.165) is 5.56 Å². The van der Waals surface area contributed by atoms with E-state index in [9.17, 15) is 4.79 Å². The molecule has 2 aromatic heterocycles. The summed E-state index contributed by atoms with van der Waals surface area (Å²) in [7, 11) is 1.60. The van der Waals surface area contributed by atoms with E-state index < -0.39 is 0 Å². The Morgan fingerprint density at radius 1 is 1.33 bits per heavy atom. The molecule has 1 amide bonds. The number of nitrogens with one attached hydrogen (secondary N) is 2. The van der Waals surface area contributed by atoms with Gasteiger partial charge in [0.1, 0.15) is 12.6 Å². The molecule has 3 rings (SSSR count).